The first-order valence-electron chi connectivity index (χ1n) is 8.21. The highest BCUT2D eigenvalue weighted by Gasteiger charge is 2.23. The fourth-order valence-corrected chi connectivity index (χ4v) is 4.65. The minimum Gasteiger partial charge on any atom is -0.348 e. The Hall–Kier alpha value is -1.91. The zero-order chi connectivity index (χ0) is 21.1. The van der Waals surface area contributed by atoms with Crippen molar-refractivity contribution in [3.05, 3.63) is 58.6 Å². The van der Waals surface area contributed by atoms with Crippen molar-refractivity contribution in [3.63, 3.8) is 0 Å². The van der Waals surface area contributed by atoms with E-state index in [9.17, 15) is 21.6 Å². The van der Waals surface area contributed by atoms with E-state index in [2.05, 4.69) is 21.2 Å². The predicted octanol–water partition coefficient (Wildman–Crippen LogP) is 2.50. The first-order valence-corrected chi connectivity index (χ1v) is 12.7. The molecule has 10 heteroatoms. The van der Waals surface area contributed by atoms with Crippen LogP contribution in [0.15, 0.2) is 57.9 Å². The lowest BCUT2D eigenvalue weighted by Crippen LogP contribution is -2.41. The summed E-state index contributed by atoms with van der Waals surface area (Å²) < 4.78 is 49.0. The number of carbonyl (C=O) groups is 1. The summed E-state index contributed by atoms with van der Waals surface area (Å²) in [5, 5.41) is 2.74. The van der Waals surface area contributed by atoms with Crippen molar-refractivity contribution in [1.82, 2.24) is 5.32 Å². The zero-order valence-corrected chi connectivity index (χ0v) is 18.8. The minimum atomic E-state index is -3.68. The van der Waals surface area contributed by atoms with E-state index >= 15 is 0 Å². The second kappa shape index (κ2) is 8.62. The van der Waals surface area contributed by atoms with Crippen LogP contribution in [0.2, 0.25) is 0 Å². The maximum Gasteiger partial charge on any atom is 0.241 e. The van der Waals surface area contributed by atoms with E-state index in [0.717, 1.165) is 16.8 Å². The van der Waals surface area contributed by atoms with Crippen molar-refractivity contribution in [2.45, 2.75) is 17.9 Å². The molecule has 28 heavy (non-hydrogen) atoms. The third kappa shape index (κ3) is 5.79. The number of halogens is 1. The Balaban J connectivity index is 2.15. The SMILES string of the molecule is CC(NC(=O)CN(c1ccccc1Br)S(C)(=O)=O)c1ccc(S(C)(=O)=O)cc1. The van der Waals surface area contributed by atoms with Gasteiger partial charge in [0.15, 0.2) is 9.84 Å². The standard InChI is InChI=1S/C18H21BrN2O5S2/c1-13(14-8-10-15(11-9-14)27(2,23)24)20-18(22)12-21(28(3,25)26)17-7-5-4-6-16(17)19/h4-11,13H,12H2,1-3H3,(H,20,22). The molecule has 0 aromatic heterocycles. The van der Waals surface area contributed by atoms with Crippen LogP contribution >= 0.6 is 15.9 Å². The molecular weight excluding hydrogens is 468 g/mol. The van der Waals surface area contributed by atoms with Crippen LogP contribution in [-0.4, -0.2) is 41.8 Å². The van der Waals surface area contributed by atoms with E-state index in [1.54, 1.807) is 43.3 Å². The molecule has 0 bridgehead atoms. The molecule has 2 aromatic carbocycles. The molecule has 0 saturated carbocycles. The van der Waals surface area contributed by atoms with Crippen molar-refractivity contribution in [1.29, 1.82) is 0 Å². The second-order valence-corrected chi connectivity index (χ2v) is 11.1. The number of para-hydroxylation sites is 1. The van der Waals surface area contributed by atoms with Crippen LogP contribution in [0.3, 0.4) is 0 Å². The van der Waals surface area contributed by atoms with E-state index in [1.807, 2.05) is 0 Å². The van der Waals surface area contributed by atoms with Gasteiger partial charge < -0.3 is 5.32 Å². The van der Waals surface area contributed by atoms with E-state index in [1.165, 1.54) is 12.1 Å². The topological polar surface area (TPSA) is 101 Å². The number of amides is 1. The normalized spacial score (nSPS) is 13.0. The number of sulfone groups is 1. The Bertz CT molecular complexity index is 1070. The first kappa shape index (κ1) is 22.4. The van der Waals surface area contributed by atoms with Crippen LogP contribution in [-0.2, 0) is 24.7 Å². The van der Waals surface area contributed by atoms with Crippen LogP contribution < -0.4 is 9.62 Å². The van der Waals surface area contributed by atoms with Gasteiger partial charge in [-0.2, -0.15) is 0 Å². The third-order valence-corrected chi connectivity index (χ3v) is 6.92. The van der Waals surface area contributed by atoms with Gasteiger partial charge in [-0.05, 0) is 52.7 Å². The van der Waals surface area contributed by atoms with Crippen molar-refractivity contribution < 1.29 is 21.6 Å². The van der Waals surface area contributed by atoms with Gasteiger partial charge in [0.2, 0.25) is 15.9 Å². The first-order chi connectivity index (χ1) is 12.9. The summed E-state index contributed by atoms with van der Waals surface area (Å²) in [7, 11) is -6.98. The molecule has 0 aliphatic rings. The molecule has 0 fully saturated rings. The lowest BCUT2D eigenvalue weighted by atomic mass is 10.1. The van der Waals surface area contributed by atoms with Crippen molar-refractivity contribution in [3.8, 4) is 0 Å². The van der Waals surface area contributed by atoms with Gasteiger partial charge in [-0.15, -0.1) is 0 Å². The van der Waals surface area contributed by atoms with E-state index in [-0.39, 0.29) is 11.4 Å². The van der Waals surface area contributed by atoms with Crippen LogP contribution in [0.4, 0.5) is 5.69 Å². The Morgan fingerprint density at radius 3 is 2.11 bits per heavy atom. The Morgan fingerprint density at radius 1 is 1.04 bits per heavy atom. The van der Waals surface area contributed by atoms with Crippen molar-refractivity contribution >= 4 is 47.4 Å². The van der Waals surface area contributed by atoms with Crippen LogP contribution in [0.1, 0.15) is 18.5 Å². The molecule has 0 aliphatic heterocycles. The molecule has 2 rings (SSSR count). The summed E-state index contributed by atoms with van der Waals surface area (Å²) in [6, 6.07) is 12.5. The van der Waals surface area contributed by atoms with Crippen molar-refractivity contribution in [2.24, 2.45) is 0 Å². The average Bonchev–Trinajstić information content (AvgIpc) is 2.59. The Morgan fingerprint density at radius 2 is 1.61 bits per heavy atom. The smallest absolute Gasteiger partial charge is 0.241 e. The minimum absolute atomic E-state index is 0.187. The van der Waals surface area contributed by atoms with Gasteiger partial charge in [-0.3, -0.25) is 9.10 Å². The number of benzene rings is 2. The van der Waals surface area contributed by atoms with Gasteiger partial charge in [0.05, 0.1) is 22.9 Å². The second-order valence-electron chi connectivity index (χ2n) is 6.35. The fraction of sp³-hybridized carbons (Fsp3) is 0.278. The van der Waals surface area contributed by atoms with Gasteiger partial charge in [-0.1, -0.05) is 24.3 Å². The molecule has 0 heterocycles. The van der Waals surface area contributed by atoms with Gasteiger partial charge in [0.25, 0.3) is 0 Å². The highest BCUT2D eigenvalue weighted by Crippen LogP contribution is 2.27. The number of nitrogens with zero attached hydrogens (tertiary/aromatic N) is 1. The maximum absolute atomic E-state index is 12.5. The number of nitrogens with one attached hydrogen (secondary N) is 1. The number of rotatable bonds is 7. The quantitative estimate of drug-likeness (QED) is 0.644. The molecule has 1 atom stereocenters. The van der Waals surface area contributed by atoms with E-state index in [0.29, 0.717) is 15.7 Å². The largest absolute Gasteiger partial charge is 0.348 e. The highest BCUT2D eigenvalue weighted by atomic mass is 79.9. The molecule has 2 aromatic rings. The molecule has 7 nitrogen and oxygen atoms in total. The molecule has 0 saturated heterocycles. The van der Waals surface area contributed by atoms with Gasteiger partial charge in [0, 0.05) is 10.7 Å². The van der Waals surface area contributed by atoms with Crippen LogP contribution in [0.25, 0.3) is 0 Å². The molecule has 152 valence electrons. The van der Waals surface area contributed by atoms with E-state index < -0.39 is 31.8 Å². The van der Waals surface area contributed by atoms with Crippen LogP contribution in [0, 0.1) is 0 Å². The molecule has 1 unspecified atom stereocenters. The lowest BCUT2D eigenvalue weighted by Gasteiger charge is -2.24. The molecule has 0 aliphatic carbocycles. The van der Waals surface area contributed by atoms with Crippen molar-refractivity contribution in [2.75, 3.05) is 23.4 Å². The lowest BCUT2D eigenvalue weighted by molar-refractivity contribution is -0.120. The third-order valence-electron chi connectivity index (χ3n) is 3.99. The summed E-state index contributed by atoms with van der Waals surface area (Å²) in [5.41, 5.74) is 1.07. The van der Waals surface area contributed by atoms with Crippen LogP contribution in [0.5, 0.6) is 0 Å². The average molecular weight is 489 g/mol. The summed E-state index contributed by atoms with van der Waals surface area (Å²) in [6.07, 6.45) is 2.15. The summed E-state index contributed by atoms with van der Waals surface area (Å²) in [5.74, 6) is -0.485. The fourth-order valence-electron chi connectivity index (χ4n) is 2.54. The number of sulfonamides is 1. The Labute approximate surface area is 173 Å². The molecule has 0 spiro atoms. The predicted molar refractivity (Wildman–Crippen MR) is 112 cm³/mol. The Kier molecular flexibility index (Phi) is 6.89. The monoisotopic (exact) mass is 488 g/mol. The molecule has 0 radical (unpaired) electrons. The number of hydrogen-bond acceptors (Lipinski definition) is 5. The number of carbonyl (C=O) groups excluding carboxylic acids is 1. The summed E-state index contributed by atoms with van der Waals surface area (Å²) in [4.78, 5) is 12.7. The maximum atomic E-state index is 12.5. The molecular formula is C18H21BrN2O5S2. The molecule has 1 amide bonds. The highest BCUT2D eigenvalue weighted by molar-refractivity contribution is 9.10. The zero-order valence-electron chi connectivity index (χ0n) is 15.6. The van der Waals surface area contributed by atoms with Gasteiger partial charge >= 0.3 is 0 Å². The van der Waals surface area contributed by atoms with E-state index in [4.69, 9.17) is 0 Å². The summed E-state index contributed by atoms with van der Waals surface area (Å²) in [6.45, 7) is 1.35. The number of hydrogen-bond donors (Lipinski definition) is 1. The summed E-state index contributed by atoms with van der Waals surface area (Å²) >= 11 is 3.30. The number of anilines is 1. The molecule has 1 N–H and O–H groups in total. The van der Waals surface area contributed by atoms with Gasteiger partial charge in [-0.25, -0.2) is 16.8 Å². The van der Waals surface area contributed by atoms with Gasteiger partial charge in [0.1, 0.15) is 6.54 Å².